The minimum atomic E-state index is -4.58. The fourth-order valence-corrected chi connectivity index (χ4v) is 2.12. The summed E-state index contributed by atoms with van der Waals surface area (Å²) in [5.41, 5.74) is 5.50. The Morgan fingerprint density at radius 2 is 2.11 bits per heavy atom. The number of thioether (sulfide) groups is 1. The highest BCUT2D eigenvalue weighted by molar-refractivity contribution is 7.99. The van der Waals surface area contributed by atoms with Crippen molar-refractivity contribution >= 4 is 11.8 Å². The third-order valence-corrected chi connectivity index (χ3v) is 2.93. The van der Waals surface area contributed by atoms with Crippen LogP contribution in [0.4, 0.5) is 13.2 Å². The molecular formula is C9H15F3N4OS. The highest BCUT2D eigenvalue weighted by Crippen LogP contribution is 2.20. The molecule has 0 spiro atoms. The minimum Gasteiger partial charge on any atom is -0.324 e. The lowest BCUT2D eigenvalue weighted by Gasteiger charge is -2.08. The molecule has 104 valence electrons. The zero-order valence-electron chi connectivity index (χ0n) is 9.90. The monoisotopic (exact) mass is 284 g/mol. The van der Waals surface area contributed by atoms with Gasteiger partial charge in [-0.3, -0.25) is 4.74 Å². The third-order valence-electron chi connectivity index (χ3n) is 2.00. The molecule has 1 aromatic heterocycles. The van der Waals surface area contributed by atoms with Crippen LogP contribution in [0.15, 0.2) is 5.16 Å². The van der Waals surface area contributed by atoms with Gasteiger partial charge in [0.25, 0.3) is 0 Å². The minimum absolute atomic E-state index is 0.159. The van der Waals surface area contributed by atoms with Crippen LogP contribution < -0.4 is 5.73 Å². The van der Waals surface area contributed by atoms with Gasteiger partial charge in [-0.05, 0) is 6.42 Å². The molecule has 0 aliphatic heterocycles. The fourth-order valence-electron chi connectivity index (χ4n) is 1.32. The Morgan fingerprint density at radius 3 is 2.67 bits per heavy atom. The van der Waals surface area contributed by atoms with Gasteiger partial charge in [-0.25, -0.2) is 0 Å². The van der Waals surface area contributed by atoms with E-state index in [-0.39, 0.29) is 12.3 Å². The number of hydrogen-bond acceptors (Lipinski definition) is 5. The zero-order chi connectivity index (χ0) is 13.6. The molecular weight excluding hydrogens is 269 g/mol. The quantitative estimate of drug-likeness (QED) is 0.610. The van der Waals surface area contributed by atoms with Crippen LogP contribution in [0.2, 0.25) is 0 Å². The van der Waals surface area contributed by atoms with E-state index in [1.54, 1.807) is 0 Å². The van der Waals surface area contributed by atoms with Gasteiger partial charge in [0.2, 0.25) is 0 Å². The molecule has 0 aromatic carbocycles. The van der Waals surface area contributed by atoms with Gasteiger partial charge in [0.05, 0.1) is 13.2 Å². The van der Waals surface area contributed by atoms with Gasteiger partial charge in [0, 0.05) is 12.3 Å². The number of ether oxygens (including phenoxy) is 1. The molecule has 0 aliphatic carbocycles. The second kappa shape index (κ2) is 6.95. The van der Waals surface area contributed by atoms with Crippen molar-refractivity contribution in [1.29, 1.82) is 0 Å². The summed E-state index contributed by atoms with van der Waals surface area (Å²) < 4.78 is 40.8. The summed E-state index contributed by atoms with van der Waals surface area (Å²) in [5, 5.41) is 8.36. The number of aromatic nitrogens is 3. The maximum Gasteiger partial charge on any atom is 0.522 e. The lowest BCUT2D eigenvalue weighted by atomic mass is 10.4. The van der Waals surface area contributed by atoms with E-state index in [1.807, 2.05) is 11.5 Å². The first-order valence-corrected chi connectivity index (χ1v) is 6.42. The van der Waals surface area contributed by atoms with Crippen LogP contribution in [-0.4, -0.2) is 33.5 Å². The molecule has 9 heteroatoms. The van der Waals surface area contributed by atoms with Gasteiger partial charge in [-0.2, -0.15) is 0 Å². The van der Waals surface area contributed by atoms with Gasteiger partial charge in [-0.15, -0.1) is 23.4 Å². The number of rotatable bonds is 7. The second-order valence-corrected chi connectivity index (χ2v) is 4.46. The summed E-state index contributed by atoms with van der Waals surface area (Å²) in [6, 6.07) is 0. The van der Waals surface area contributed by atoms with E-state index in [9.17, 15) is 13.2 Å². The SMILES string of the molecule is CCCn1c(CN)nnc1SCCOC(F)(F)F. The molecule has 2 N–H and O–H groups in total. The van der Waals surface area contributed by atoms with Crippen molar-refractivity contribution in [1.82, 2.24) is 14.8 Å². The first-order chi connectivity index (χ1) is 8.48. The molecule has 0 amide bonds. The summed E-state index contributed by atoms with van der Waals surface area (Å²) in [7, 11) is 0. The lowest BCUT2D eigenvalue weighted by molar-refractivity contribution is -0.322. The van der Waals surface area contributed by atoms with E-state index >= 15 is 0 Å². The smallest absolute Gasteiger partial charge is 0.324 e. The van der Waals surface area contributed by atoms with Gasteiger partial charge < -0.3 is 10.3 Å². The van der Waals surface area contributed by atoms with E-state index < -0.39 is 13.0 Å². The third kappa shape index (κ3) is 4.83. The molecule has 0 fully saturated rings. The standard InChI is InChI=1S/C9H15F3N4OS/c1-2-3-16-7(6-13)14-15-8(16)18-5-4-17-9(10,11)12/h2-6,13H2,1H3. The number of nitrogens with zero attached hydrogens (tertiary/aromatic N) is 3. The van der Waals surface area contributed by atoms with Gasteiger partial charge >= 0.3 is 6.36 Å². The molecule has 1 heterocycles. The Bertz CT molecular complexity index is 369. The van der Waals surface area contributed by atoms with Crippen LogP contribution in [0.25, 0.3) is 0 Å². The van der Waals surface area contributed by atoms with E-state index in [4.69, 9.17) is 5.73 Å². The maximum atomic E-state index is 11.8. The lowest BCUT2D eigenvalue weighted by Crippen LogP contribution is -2.15. The van der Waals surface area contributed by atoms with E-state index in [2.05, 4.69) is 14.9 Å². The molecule has 0 unspecified atom stereocenters. The molecule has 0 bridgehead atoms. The molecule has 5 nitrogen and oxygen atoms in total. The first kappa shape index (κ1) is 15.3. The molecule has 0 atom stereocenters. The van der Waals surface area contributed by atoms with Crippen LogP contribution in [0.5, 0.6) is 0 Å². The van der Waals surface area contributed by atoms with E-state index in [1.165, 1.54) is 11.8 Å². The largest absolute Gasteiger partial charge is 0.522 e. The molecule has 0 radical (unpaired) electrons. The van der Waals surface area contributed by atoms with Gasteiger partial charge in [0.1, 0.15) is 5.82 Å². The summed E-state index contributed by atoms with van der Waals surface area (Å²) in [6.07, 6.45) is -3.71. The predicted molar refractivity (Wildman–Crippen MR) is 60.9 cm³/mol. The highest BCUT2D eigenvalue weighted by Gasteiger charge is 2.28. The molecule has 1 aromatic rings. The number of halogens is 3. The van der Waals surface area contributed by atoms with Gasteiger partial charge in [0.15, 0.2) is 5.16 Å². The van der Waals surface area contributed by atoms with Crippen LogP contribution in [0.1, 0.15) is 19.2 Å². The maximum absolute atomic E-state index is 11.8. The zero-order valence-corrected chi connectivity index (χ0v) is 10.7. The predicted octanol–water partition coefficient (Wildman–Crippen LogP) is 1.78. The summed E-state index contributed by atoms with van der Waals surface area (Å²) >= 11 is 1.17. The Balaban J connectivity index is 2.49. The summed E-state index contributed by atoms with van der Waals surface area (Å²) in [6.45, 7) is 2.53. The van der Waals surface area contributed by atoms with Crippen LogP contribution in [0.3, 0.4) is 0 Å². The van der Waals surface area contributed by atoms with Crippen molar-refractivity contribution in [2.24, 2.45) is 5.73 Å². The first-order valence-electron chi connectivity index (χ1n) is 5.43. The average Bonchev–Trinajstić information content (AvgIpc) is 2.66. The van der Waals surface area contributed by atoms with Crippen LogP contribution in [-0.2, 0) is 17.8 Å². The van der Waals surface area contributed by atoms with Crippen molar-refractivity contribution in [2.75, 3.05) is 12.4 Å². The molecule has 1 rings (SSSR count). The average molecular weight is 284 g/mol. The van der Waals surface area contributed by atoms with Crippen molar-refractivity contribution < 1.29 is 17.9 Å². The van der Waals surface area contributed by atoms with Gasteiger partial charge in [-0.1, -0.05) is 18.7 Å². The number of alkyl halides is 3. The molecule has 0 saturated carbocycles. The highest BCUT2D eigenvalue weighted by atomic mass is 32.2. The van der Waals surface area contributed by atoms with Crippen molar-refractivity contribution in [3.63, 3.8) is 0 Å². The normalized spacial score (nSPS) is 12.1. The Morgan fingerprint density at radius 1 is 1.39 bits per heavy atom. The van der Waals surface area contributed by atoms with Crippen molar-refractivity contribution in [3.8, 4) is 0 Å². The Labute approximate surface area is 107 Å². The number of hydrogen-bond donors (Lipinski definition) is 1. The second-order valence-electron chi connectivity index (χ2n) is 3.40. The van der Waals surface area contributed by atoms with Crippen molar-refractivity contribution in [2.45, 2.75) is 38.0 Å². The Hall–Kier alpha value is -0.800. The van der Waals surface area contributed by atoms with Crippen LogP contribution >= 0.6 is 11.8 Å². The number of nitrogens with two attached hydrogens (primary N) is 1. The summed E-state index contributed by atoms with van der Waals surface area (Å²) in [4.78, 5) is 0. The van der Waals surface area contributed by atoms with E-state index in [0.29, 0.717) is 17.5 Å². The van der Waals surface area contributed by atoms with Crippen molar-refractivity contribution in [3.05, 3.63) is 5.82 Å². The van der Waals surface area contributed by atoms with E-state index in [0.717, 1.165) is 6.42 Å². The molecule has 18 heavy (non-hydrogen) atoms. The summed E-state index contributed by atoms with van der Waals surface area (Å²) in [5.74, 6) is 0.794. The topological polar surface area (TPSA) is 66.0 Å². The fraction of sp³-hybridized carbons (Fsp3) is 0.778. The molecule has 0 saturated heterocycles. The molecule has 0 aliphatic rings. The van der Waals surface area contributed by atoms with Crippen LogP contribution in [0, 0.1) is 0 Å². The Kier molecular flexibility index (Phi) is 5.89.